The summed E-state index contributed by atoms with van der Waals surface area (Å²) in [6, 6.07) is 6.95. The van der Waals surface area contributed by atoms with E-state index in [1.54, 1.807) is 0 Å². The van der Waals surface area contributed by atoms with Crippen molar-refractivity contribution in [3.05, 3.63) is 47.1 Å². The smallest absolute Gasteiger partial charge is 0.312 e. The standard InChI is InChI=1S/C17H23N5O2.ClH/c1-11-5-4-6-12(9-11)13(20-16(18)23)10-14-21-15(22-24-14)17(19)7-2-3-8-17;/h4-6,9,13H,2-3,7-8,10,19H2,1H3,(H3,18,20,23);1H. The second kappa shape index (κ2) is 7.84. The number of nitrogens with two attached hydrogens (primary N) is 2. The van der Waals surface area contributed by atoms with Crippen molar-refractivity contribution in [2.24, 2.45) is 11.5 Å². The first-order valence-electron chi connectivity index (χ1n) is 8.21. The Morgan fingerprint density at radius 3 is 2.76 bits per heavy atom. The third-order valence-corrected chi connectivity index (χ3v) is 4.55. The maximum atomic E-state index is 11.3. The molecule has 1 aromatic carbocycles. The van der Waals surface area contributed by atoms with Gasteiger partial charge in [-0.05, 0) is 25.3 Å². The first-order valence-corrected chi connectivity index (χ1v) is 8.21. The van der Waals surface area contributed by atoms with Crippen molar-refractivity contribution in [3.8, 4) is 0 Å². The van der Waals surface area contributed by atoms with Gasteiger partial charge in [-0.3, -0.25) is 0 Å². The first kappa shape index (κ1) is 19.2. The van der Waals surface area contributed by atoms with Crippen LogP contribution >= 0.6 is 12.4 Å². The van der Waals surface area contributed by atoms with Crippen molar-refractivity contribution >= 4 is 18.4 Å². The third kappa shape index (κ3) is 4.49. The highest BCUT2D eigenvalue weighted by atomic mass is 35.5. The number of aromatic nitrogens is 2. The number of hydrogen-bond acceptors (Lipinski definition) is 5. The molecule has 1 aliphatic carbocycles. The fraction of sp³-hybridized carbons (Fsp3) is 0.471. The van der Waals surface area contributed by atoms with Crippen LogP contribution in [0, 0.1) is 6.92 Å². The third-order valence-electron chi connectivity index (χ3n) is 4.55. The van der Waals surface area contributed by atoms with Gasteiger partial charge in [0.05, 0.1) is 18.0 Å². The van der Waals surface area contributed by atoms with Gasteiger partial charge in [-0.15, -0.1) is 12.4 Å². The molecule has 0 spiro atoms. The molecule has 7 nitrogen and oxygen atoms in total. The van der Waals surface area contributed by atoms with Crippen molar-refractivity contribution in [1.82, 2.24) is 15.5 Å². The van der Waals surface area contributed by atoms with Crippen LogP contribution in [-0.4, -0.2) is 16.2 Å². The largest absolute Gasteiger partial charge is 0.352 e. The van der Waals surface area contributed by atoms with Crippen LogP contribution in [0.25, 0.3) is 0 Å². The molecule has 3 rings (SSSR count). The number of primary amides is 1. The Balaban J connectivity index is 0.00000225. The van der Waals surface area contributed by atoms with Gasteiger partial charge in [-0.2, -0.15) is 4.98 Å². The van der Waals surface area contributed by atoms with Gasteiger partial charge in [0.2, 0.25) is 5.89 Å². The maximum absolute atomic E-state index is 11.3. The second-order valence-corrected chi connectivity index (χ2v) is 6.55. The monoisotopic (exact) mass is 365 g/mol. The topological polar surface area (TPSA) is 120 Å². The fourth-order valence-electron chi connectivity index (χ4n) is 3.25. The molecule has 1 aliphatic rings. The van der Waals surface area contributed by atoms with Crippen LogP contribution in [0.2, 0.25) is 0 Å². The van der Waals surface area contributed by atoms with Crippen LogP contribution in [0.15, 0.2) is 28.8 Å². The predicted molar refractivity (Wildman–Crippen MR) is 96.2 cm³/mol. The van der Waals surface area contributed by atoms with Crippen molar-refractivity contribution in [3.63, 3.8) is 0 Å². The van der Waals surface area contributed by atoms with Crippen LogP contribution in [0.3, 0.4) is 0 Å². The summed E-state index contributed by atoms with van der Waals surface area (Å²) in [5.41, 5.74) is 13.2. The van der Waals surface area contributed by atoms with Crippen molar-refractivity contribution in [1.29, 1.82) is 0 Å². The van der Waals surface area contributed by atoms with E-state index in [9.17, 15) is 4.79 Å². The number of benzene rings is 1. The van der Waals surface area contributed by atoms with E-state index in [4.69, 9.17) is 16.0 Å². The molecule has 5 N–H and O–H groups in total. The minimum atomic E-state index is -0.590. The molecule has 0 bridgehead atoms. The molecular formula is C17H24ClN5O2. The Labute approximate surface area is 152 Å². The zero-order valence-corrected chi connectivity index (χ0v) is 15.0. The number of hydrogen-bond donors (Lipinski definition) is 3. The van der Waals surface area contributed by atoms with E-state index >= 15 is 0 Å². The summed E-state index contributed by atoms with van der Waals surface area (Å²) >= 11 is 0. The lowest BCUT2D eigenvalue weighted by atomic mass is 9.98. The van der Waals surface area contributed by atoms with E-state index in [2.05, 4.69) is 15.5 Å². The summed E-state index contributed by atoms with van der Waals surface area (Å²) in [7, 11) is 0. The lowest BCUT2D eigenvalue weighted by Crippen LogP contribution is -2.35. The molecule has 136 valence electrons. The Bertz CT molecular complexity index is 727. The number of aryl methyl sites for hydroxylation is 1. The van der Waals surface area contributed by atoms with E-state index in [0.717, 1.165) is 36.8 Å². The molecule has 1 atom stereocenters. The van der Waals surface area contributed by atoms with Crippen LogP contribution in [-0.2, 0) is 12.0 Å². The van der Waals surface area contributed by atoms with Crippen LogP contribution in [0.4, 0.5) is 4.79 Å². The number of nitrogens with zero attached hydrogens (tertiary/aromatic N) is 2. The van der Waals surface area contributed by atoms with Crippen LogP contribution < -0.4 is 16.8 Å². The minimum absolute atomic E-state index is 0. The van der Waals surface area contributed by atoms with Gasteiger partial charge in [-0.25, -0.2) is 4.79 Å². The fourth-order valence-corrected chi connectivity index (χ4v) is 3.25. The number of carbonyl (C=O) groups excluding carboxylic acids is 1. The maximum Gasteiger partial charge on any atom is 0.312 e. The van der Waals surface area contributed by atoms with Crippen molar-refractivity contribution in [2.45, 2.75) is 50.6 Å². The summed E-state index contributed by atoms with van der Waals surface area (Å²) in [5, 5.41) is 6.80. The number of nitrogens with one attached hydrogen (secondary N) is 1. The zero-order valence-electron chi connectivity index (χ0n) is 14.2. The van der Waals surface area contributed by atoms with Gasteiger partial charge in [0.1, 0.15) is 0 Å². The minimum Gasteiger partial charge on any atom is -0.352 e. The molecule has 1 unspecified atom stereocenters. The van der Waals surface area contributed by atoms with E-state index in [0.29, 0.717) is 18.1 Å². The van der Waals surface area contributed by atoms with Gasteiger partial charge < -0.3 is 21.3 Å². The van der Waals surface area contributed by atoms with Gasteiger partial charge in [0.25, 0.3) is 0 Å². The molecule has 8 heteroatoms. The molecule has 1 heterocycles. The van der Waals surface area contributed by atoms with Crippen molar-refractivity contribution in [2.75, 3.05) is 0 Å². The number of urea groups is 1. The highest BCUT2D eigenvalue weighted by Gasteiger charge is 2.36. The Morgan fingerprint density at radius 2 is 2.12 bits per heavy atom. The van der Waals surface area contributed by atoms with Crippen LogP contribution in [0.5, 0.6) is 0 Å². The highest BCUT2D eigenvalue weighted by molar-refractivity contribution is 5.85. The lowest BCUT2D eigenvalue weighted by Gasteiger charge is -2.18. The lowest BCUT2D eigenvalue weighted by molar-refractivity contribution is 0.244. The average molecular weight is 366 g/mol. The molecule has 1 aromatic heterocycles. The summed E-state index contributed by atoms with van der Waals surface area (Å²) in [5.74, 6) is 0.999. The summed E-state index contributed by atoms with van der Waals surface area (Å²) in [6.45, 7) is 1.99. The van der Waals surface area contributed by atoms with Gasteiger partial charge in [0, 0.05) is 0 Å². The number of carbonyl (C=O) groups is 1. The molecule has 25 heavy (non-hydrogen) atoms. The normalized spacial score (nSPS) is 16.9. The van der Waals surface area contributed by atoms with Gasteiger partial charge >= 0.3 is 6.03 Å². The number of halogens is 1. The highest BCUT2D eigenvalue weighted by Crippen LogP contribution is 2.34. The number of amides is 2. The SMILES string of the molecule is Cc1cccc(C(Cc2nc(C3(N)CCCC3)no2)NC(N)=O)c1.Cl. The summed E-state index contributed by atoms with van der Waals surface area (Å²) in [4.78, 5) is 15.8. The Hall–Kier alpha value is -2.12. The van der Waals surface area contributed by atoms with Crippen molar-refractivity contribution < 1.29 is 9.32 Å². The average Bonchev–Trinajstić information content (AvgIpc) is 3.16. The molecule has 0 saturated heterocycles. The first-order chi connectivity index (χ1) is 11.5. The summed E-state index contributed by atoms with van der Waals surface area (Å²) < 4.78 is 5.37. The molecular weight excluding hydrogens is 342 g/mol. The quantitative estimate of drug-likeness (QED) is 0.751. The zero-order chi connectivity index (χ0) is 17.2. The van der Waals surface area contributed by atoms with E-state index < -0.39 is 11.6 Å². The second-order valence-electron chi connectivity index (χ2n) is 6.55. The molecule has 0 radical (unpaired) electrons. The molecule has 2 amide bonds. The summed E-state index contributed by atoms with van der Waals surface area (Å²) in [6.07, 6.45) is 4.26. The Morgan fingerprint density at radius 1 is 1.40 bits per heavy atom. The Kier molecular flexibility index (Phi) is 6.02. The molecule has 1 saturated carbocycles. The molecule has 2 aromatic rings. The van der Waals surface area contributed by atoms with Gasteiger partial charge in [-0.1, -0.05) is 47.8 Å². The van der Waals surface area contributed by atoms with E-state index in [1.807, 2.05) is 31.2 Å². The van der Waals surface area contributed by atoms with E-state index in [-0.39, 0.29) is 18.4 Å². The molecule has 1 fully saturated rings. The molecule has 0 aliphatic heterocycles. The number of rotatable bonds is 5. The predicted octanol–water partition coefficient (Wildman–Crippen LogP) is 2.48. The van der Waals surface area contributed by atoms with Crippen LogP contribution in [0.1, 0.15) is 54.6 Å². The van der Waals surface area contributed by atoms with Gasteiger partial charge in [0.15, 0.2) is 5.82 Å². The van der Waals surface area contributed by atoms with E-state index in [1.165, 1.54) is 0 Å².